The van der Waals surface area contributed by atoms with Gasteiger partial charge in [0, 0.05) is 6.54 Å². The summed E-state index contributed by atoms with van der Waals surface area (Å²) in [5, 5.41) is 8.76. The summed E-state index contributed by atoms with van der Waals surface area (Å²) in [4.78, 5) is 12.9. The maximum Gasteiger partial charge on any atom is 0.307 e. The van der Waals surface area contributed by atoms with Gasteiger partial charge in [-0.2, -0.15) is 0 Å². The smallest absolute Gasteiger partial charge is 0.307 e. The molecule has 3 N–H and O–H groups in total. The van der Waals surface area contributed by atoms with Crippen LogP contribution in [0.3, 0.4) is 0 Å². The largest absolute Gasteiger partial charge is 0.481 e. The molecule has 1 aliphatic rings. The first-order valence-corrected chi connectivity index (χ1v) is 5.28. The molecule has 0 saturated carbocycles. The molecular formula is C10H20N2O2. The van der Waals surface area contributed by atoms with E-state index < -0.39 is 5.97 Å². The van der Waals surface area contributed by atoms with Crippen molar-refractivity contribution in [3.8, 4) is 0 Å². The van der Waals surface area contributed by atoms with Gasteiger partial charge in [-0.3, -0.25) is 4.79 Å². The summed E-state index contributed by atoms with van der Waals surface area (Å²) < 4.78 is 0. The SMILES string of the molecule is CC(CN1CCC(CN)CC1)C(=O)O. The topological polar surface area (TPSA) is 66.6 Å². The number of hydrogen-bond acceptors (Lipinski definition) is 3. The molecule has 4 nitrogen and oxygen atoms in total. The number of rotatable bonds is 4. The maximum absolute atomic E-state index is 10.6. The minimum absolute atomic E-state index is 0.260. The van der Waals surface area contributed by atoms with Crippen molar-refractivity contribution in [2.75, 3.05) is 26.2 Å². The number of carbonyl (C=O) groups is 1. The maximum atomic E-state index is 10.6. The Hall–Kier alpha value is -0.610. The van der Waals surface area contributed by atoms with E-state index in [-0.39, 0.29) is 5.92 Å². The van der Waals surface area contributed by atoms with Gasteiger partial charge in [0.1, 0.15) is 0 Å². The molecule has 1 saturated heterocycles. The van der Waals surface area contributed by atoms with Gasteiger partial charge in [-0.05, 0) is 38.4 Å². The predicted molar refractivity (Wildman–Crippen MR) is 55.0 cm³/mol. The first-order valence-electron chi connectivity index (χ1n) is 5.28. The number of hydrogen-bond donors (Lipinski definition) is 2. The minimum Gasteiger partial charge on any atom is -0.481 e. The van der Waals surface area contributed by atoms with Crippen LogP contribution in [0.1, 0.15) is 19.8 Å². The van der Waals surface area contributed by atoms with E-state index in [0.29, 0.717) is 12.5 Å². The van der Waals surface area contributed by atoms with Crippen molar-refractivity contribution >= 4 is 5.97 Å². The number of nitrogens with two attached hydrogens (primary N) is 1. The first-order chi connectivity index (χ1) is 6.63. The highest BCUT2D eigenvalue weighted by atomic mass is 16.4. The Balaban J connectivity index is 2.25. The van der Waals surface area contributed by atoms with E-state index in [4.69, 9.17) is 10.8 Å². The molecule has 1 rings (SSSR count). The van der Waals surface area contributed by atoms with Crippen LogP contribution >= 0.6 is 0 Å². The van der Waals surface area contributed by atoms with E-state index >= 15 is 0 Å². The summed E-state index contributed by atoms with van der Waals surface area (Å²) in [6, 6.07) is 0. The zero-order chi connectivity index (χ0) is 10.6. The molecule has 0 aliphatic carbocycles. The van der Waals surface area contributed by atoms with Gasteiger partial charge in [-0.1, -0.05) is 6.92 Å². The quantitative estimate of drug-likeness (QED) is 0.688. The molecule has 0 amide bonds. The van der Waals surface area contributed by atoms with Crippen LogP contribution in [0.25, 0.3) is 0 Å². The van der Waals surface area contributed by atoms with Crippen molar-refractivity contribution < 1.29 is 9.90 Å². The van der Waals surface area contributed by atoms with Crippen LogP contribution in [-0.2, 0) is 4.79 Å². The summed E-state index contributed by atoms with van der Waals surface area (Å²) in [7, 11) is 0. The molecule has 82 valence electrons. The molecule has 1 heterocycles. The Morgan fingerprint density at radius 2 is 2.14 bits per heavy atom. The van der Waals surface area contributed by atoms with Crippen molar-refractivity contribution in [3.05, 3.63) is 0 Å². The van der Waals surface area contributed by atoms with Crippen molar-refractivity contribution in [1.29, 1.82) is 0 Å². The van der Waals surface area contributed by atoms with Crippen LogP contribution in [-0.4, -0.2) is 42.2 Å². The molecule has 0 aromatic carbocycles. The number of carboxylic acid groups (broad SMARTS) is 1. The molecular weight excluding hydrogens is 180 g/mol. The molecule has 1 fully saturated rings. The summed E-state index contributed by atoms with van der Waals surface area (Å²) in [6.45, 7) is 5.20. The van der Waals surface area contributed by atoms with E-state index in [1.807, 2.05) is 0 Å². The van der Waals surface area contributed by atoms with Gasteiger partial charge in [-0.15, -0.1) is 0 Å². The fourth-order valence-electron chi connectivity index (χ4n) is 1.87. The third-order valence-corrected chi connectivity index (χ3v) is 2.99. The number of likely N-dealkylation sites (tertiary alicyclic amines) is 1. The molecule has 0 aromatic rings. The Kier molecular flexibility index (Phi) is 4.35. The molecule has 0 spiro atoms. The standard InChI is InChI=1S/C10H20N2O2/c1-8(10(13)14)7-12-4-2-9(6-11)3-5-12/h8-9H,2-7,11H2,1H3,(H,13,14). The molecule has 1 aliphatic heterocycles. The Morgan fingerprint density at radius 1 is 1.57 bits per heavy atom. The predicted octanol–water partition coefficient (Wildman–Crippen LogP) is 0.378. The van der Waals surface area contributed by atoms with Crippen LogP contribution in [0.2, 0.25) is 0 Å². The van der Waals surface area contributed by atoms with Crippen molar-refractivity contribution in [2.45, 2.75) is 19.8 Å². The molecule has 1 unspecified atom stereocenters. The summed E-state index contributed by atoms with van der Waals surface area (Å²) in [5.74, 6) is -0.318. The van der Waals surface area contributed by atoms with Gasteiger partial charge in [0.2, 0.25) is 0 Å². The first kappa shape index (κ1) is 11.5. The van der Waals surface area contributed by atoms with Gasteiger partial charge in [0.25, 0.3) is 0 Å². The van der Waals surface area contributed by atoms with Gasteiger partial charge in [0.15, 0.2) is 0 Å². The Labute approximate surface area is 85.1 Å². The average molecular weight is 200 g/mol. The van der Waals surface area contributed by atoms with E-state index in [1.165, 1.54) is 0 Å². The normalized spacial score (nSPS) is 22.1. The summed E-state index contributed by atoms with van der Waals surface area (Å²) in [6.07, 6.45) is 2.23. The molecule has 4 heteroatoms. The number of aliphatic carboxylic acids is 1. The van der Waals surface area contributed by atoms with Crippen LogP contribution in [0.4, 0.5) is 0 Å². The fourth-order valence-corrected chi connectivity index (χ4v) is 1.87. The highest BCUT2D eigenvalue weighted by molar-refractivity contribution is 5.69. The zero-order valence-electron chi connectivity index (χ0n) is 8.78. The van der Waals surface area contributed by atoms with Gasteiger partial charge < -0.3 is 15.7 Å². The number of carboxylic acids is 1. The van der Waals surface area contributed by atoms with E-state index in [0.717, 1.165) is 32.5 Å². The van der Waals surface area contributed by atoms with Crippen molar-refractivity contribution in [3.63, 3.8) is 0 Å². The van der Waals surface area contributed by atoms with Crippen molar-refractivity contribution in [1.82, 2.24) is 4.90 Å². The average Bonchev–Trinajstić information content (AvgIpc) is 2.19. The molecule has 0 bridgehead atoms. The third-order valence-electron chi connectivity index (χ3n) is 2.99. The van der Waals surface area contributed by atoms with Gasteiger partial charge in [0.05, 0.1) is 5.92 Å². The second-order valence-electron chi connectivity index (χ2n) is 4.22. The van der Waals surface area contributed by atoms with E-state index in [1.54, 1.807) is 6.92 Å². The number of nitrogens with zero attached hydrogens (tertiary/aromatic N) is 1. The highest BCUT2D eigenvalue weighted by Gasteiger charge is 2.21. The summed E-state index contributed by atoms with van der Waals surface area (Å²) >= 11 is 0. The molecule has 0 radical (unpaired) electrons. The lowest BCUT2D eigenvalue weighted by atomic mass is 9.96. The lowest BCUT2D eigenvalue weighted by molar-refractivity contribution is -0.141. The van der Waals surface area contributed by atoms with Crippen LogP contribution < -0.4 is 5.73 Å². The third kappa shape index (κ3) is 3.27. The number of piperidine rings is 1. The van der Waals surface area contributed by atoms with Gasteiger partial charge in [-0.25, -0.2) is 0 Å². The monoisotopic (exact) mass is 200 g/mol. The van der Waals surface area contributed by atoms with E-state index in [2.05, 4.69) is 4.90 Å². The van der Waals surface area contributed by atoms with E-state index in [9.17, 15) is 4.79 Å². The zero-order valence-corrected chi connectivity index (χ0v) is 8.78. The molecule has 14 heavy (non-hydrogen) atoms. The second kappa shape index (κ2) is 5.32. The lowest BCUT2D eigenvalue weighted by Gasteiger charge is -2.32. The lowest BCUT2D eigenvalue weighted by Crippen LogP contribution is -2.39. The van der Waals surface area contributed by atoms with Crippen molar-refractivity contribution in [2.24, 2.45) is 17.6 Å². The highest BCUT2D eigenvalue weighted by Crippen LogP contribution is 2.16. The summed E-state index contributed by atoms with van der Waals surface area (Å²) in [5.41, 5.74) is 5.59. The van der Waals surface area contributed by atoms with Gasteiger partial charge >= 0.3 is 5.97 Å². The fraction of sp³-hybridized carbons (Fsp3) is 0.900. The second-order valence-corrected chi connectivity index (χ2v) is 4.22. The minimum atomic E-state index is -0.703. The molecule has 1 atom stereocenters. The Morgan fingerprint density at radius 3 is 2.57 bits per heavy atom. The van der Waals surface area contributed by atoms with Crippen LogP contribution in [0.15, 0.2) is 0 Å². The van der Waals surface area contributed by atoms with Crippen LogP contribution in [0.5, 0.6) is 0 Å². The Bertz CT molecular complexity index is 189. The molecule has 0 aromatic heterocycles. The van der Waals surface area contributed by atoms with Crippen LogP contribution in [0, 0.1) is 11.8 Å².